The van der Waals surface area contributed by atoms with E-state index in [-0.39, 0.29) is 12.5 Å². The molecule has 0 radical (unpaired) electrons. The second kappa shape index (κ2) is 8.19. The van der Waals surface area contributed by atoms with Gasteiger partial charge in [0.15, 0.2) is 23.0 Å². The largest absolute Gasteiger partial charge is 0.493 e. The molecule has 1 amide bonds. The Kier molecular flexibility index (Phi) is 5.30. The average Bonchev–Trinajstić information content (AvgIpc) is 3.52. The van der Waals surface area contributed by atoms with Crippen molar-refractivity contribution in [3.05, 3.63) is 59.2 Å². The predicted octanol–water partition coefficient (Wildman–Crippen LogP) is 3.74. The molecule has 0 unspecified atom stereocenters. The van der Waals surface area contributed by atoms with Gasteiger partial charge in [0, 0.05) is 11.6 Å². The van der Waals surface area contributed by atoms with E-state index in [4.69, 9.17) is 14.0 Å². The van der Waals surface area contributed by atoms with Gasteiger partial charge in [-0.2, -0.15) is 5.10 Å². The fraction of sp³-hybridized carbons (Fsp3) is 0.150. The van der Waals surface area contributed by atoms with E-state index < -0.39 is 0 Å². The van der Waals surface area contributed by atoms with Crippen molar-refractivity contribution in [2.75, 3.05) is 14.2 Å². The maximum atomic E-state index is 12.4. The molecule has 0 saturated heterocycles. The summed E-state index contributed by atoms with van der Waals surface area (Å²) in [6, 6.07) is 12.8. The van der Waals surface area contributed by atoms with Crippen LogP contribution in [0.3, 0.4) is 0 Å². The number of amides is 1. The summed E-state index contributed by atoms with van der Waals surface area (Å²) in [5, 5.41) is 15.7. The Bertz CT molecular complexity index is 1120. The summed E-state index contributed by atoms with van der Waals surface area (Å²) in [7, 11) is 3.15. The second-order valence-electron chi connectivity index (χ2n) is 6.08. The zero-order chi connectivity index (χ0) is 20.2. The number of nitrogens with zero attached hydrogens (tertiary/aromatic N) is 2. The third-order valence-corrected chi connectivity index (χ3v) is 5.16. The fourth-order valence-electron chi connectivity index (χ4n) is 2.78. The number of hydrogen-bond acceptors (Lipinski definition) is 7. The van der Waals surface area contributed by atoms with Crippen LogP contribution >= 0.6 is 11.3 Å². The molecule has 0 spiro atoms. The summed E-state index contributed by atoms with van der Waals surface area (Å²) in [6.07, 6.45) is 0. The highest BCUT2D eigenvalue weighted by atomic mass is 32.1. The zero-order valence-corrected chi connectivity index (χ0v) is 16.6. The van der Waals surface area contributed by atoms with Crippen LogP contribution in [0.1, 0.15) is 16.2 Å². The van der Waals surface area contributed by atoms with E-state index in [0.717, 1.165) is 16.1 Å². The first-order valence-electron chi connectivity index (χ1n) is 8.73. The minimum atomic E-state index is -0.292. The lowest BCUT2D eigenvalue weighted by Crippen LogP contribution is -2.23. The molecule has 3 aromatic heterocycles. The fourth-order valence-corrected chi connectivity index (χ4v) is 3.47. The van der Waals surface area contributed by atoms with Gasteiger partial charge in [-0.25, -0.2) is 0 Å². The van der Waals surface area contributed by atoms with E-state index in [0.29, 0.717) is 28.6 Å². The smallest absolute Gasteiger partial charge is 0.272 e. The molecule has 9 heteroatoms. The minimum absolute atomic E-state index is 0.219. The van der Waals surface area contributed by atoms with Gasteiger partial charge in [-0.3, -0.25) is 9.89 Å². The lowest BCUT2D eigenvalue weighted by atomic mass is 10.1. The second-order valence-corrected chi connectivity index (χ2v) is 7.03. The number of ether oxygens (including phenoxy) is 2. The number of carbonyl (C=O) groups is 1. The van der Waals surface area contributed by atoms with Crippen molar-refractivity contribution in [2.45, 2.75) is 6.54 Å². The van der Waals surface area contributed by atoms with Crippen molar-refractivity contribution >= 4 is 17.2 Å². The number of hydrogen-bond donors (Lipinski definition) is 2. The van der Waals surface area contributed by atoms with Gasteiger partial charge >= 0.3 is 0 Å². The molecule has 0 atom stereocenters. The molecule has 0 aliphatic carbocycles. The number of thiophene rings is 1. The maximum absolute atomic E-state index is 12.4. The topological polar surface area (TPSA) is 102 Å². The molecule has 4 aromatic rings. The summed E-state index contributed by atoms with van der Waals surface area (Å²) in [4.78, 5) is 13.4. The Hall–Kier alpha value is -3.59. The van der Waals surface area contributed by atoms with E-state index in [1.165, 1.54) is 0 Å². The molecule has 3 heterocycles. The number of aromatic amines is 1. The highest BCUT2D eigenvalue weighted by Crippen LogP contribution is 2.32. The Balaban J connectivity index is 1.41. The average molecular weight is 410 g/mol. The summed E-state index contributed by atoms with van der Waals surface area (Å²) in [5.41, 5.74) is 2.51. The van der Waals surface area contributed by atoms with E-state index in [2.05, 4.69) is 20.7 Å². The lowest BCUT2D eigenvalue weighted by Gasteiger charge is -2.07. The number of aromatic nitrogens is 3. The predicted molar refractivity (Wildman–Crippen MR) is 108 cm³/mol. The van der Waals surface area contributed by atoms with Gasteiger partial charge in [0.25, 0.3) is 5.91 Å². The maximum Gasteiger partial charge on any atom is 0.272 e. The summed E-state index contributed by atoms with van der Waals surface area (Å²) >= 11 is 1.57. The first-order valence-corrected chi connectivity index (χ1v) is 9.61. The van der Waals surface area contributed by atoms with Crippen LogP contribution in [-0.4, -0.2) is 35.5 Å². The van der Waals surface area contributed by atoms with Gasteiger partial charge in [0.2, 0.25) is 0 Å². The molecule has 0 bridgehead atoms. The van der Waals surface area contributed by atoms with Crippen molar-refractivity contribution in [1.82, 2.24) is 20.7 Å². The molecule has 1 aromatic carbocycles. The van der Waals surface area contributed by atoms with Gasteiger partial charge in [-0.05, 0) is 35.7 Å². The van der Waals surface area contributed by atoms with Crippen LogP contribution in [0.4, 0.5) is 0 Å². The molecule has 148 valence electrons. The highest BCUT2D eigenvalue weighted by Gasteiger charge is 2.14. The van der Waals surface area contributed by atoms with Crippen molar-refractivity contribution < 1.29 is 18.8 Å². The van der Waals surface area contributed by atoms with Gasteiger partial charge in [-0.15, -0.1) is 11.3 Å². The molecule has 0 saturated carbocycles. The number of carbonyl (C=O) groups excluding carboxylic acids is 1. The summed E-state index contributed by atoms with van der Waals surface area (Å²) < 4.78 is 15.9. The van der Waals surface area contributed by atoms with Gasteiger partial charge < -0.3 is 19.3 Å². The van der Waals surface area contributed by atoms with E-state index in [9.17, 15) is 4.79 Å². The third-order valence-electron chi connectivity index (χ3n) is 4.25. The quantitative estimate of drug-likeness (QED) is 0.481. The van der Waals surface area contributed by atoms with Crippen LogP contribution in [0.25, 0.3) is 21.9 Å². The van der Waals surface area contributed by atoms with Crippen LogP contribution in [0.5, 0.6) is 11.5 Å². The Morgan fingerprint density at radius 3 is 2.79 bits per heavy atom. The number of H-pyrrole nitrogens is 1. The van der Waals surface area contributed by atoms with Crippen LogP contribution in [0.2, 0.25) is 0 Å². The van der Waals surface area contributed by atoms with Crippen molar-refractivity contribution in [1.29, 1.82) is 0 Å². The van der Waals surface area contributed by atoms with E-state index in [1.807, 2.05) is 23.6 Å². The highest BCUT2D eigenvalue weighted by molar-refractivity contribution is 7.13. The van der Waals surface area contributed by atoms with Crippen LogP contribution in [0, 0.1) is 0 Å². The number of nitrogens with one attached hydrogen (secondary N) is 2. The van der Waals surface area contributed by atoms with Gasteiger partial charge in [0.1, 0.15) is 5.69 Å². The molecule has 29 heavy (non-hydrogen) atoms. The van der Waals surface area contributed by atoms with Crippen LogP contribution < -0.4 is 14.8 Å². The normalized spacial score (nSPS) is 10.7. The minimum Gasteiger partial charge on any atom is -0.493 e. The SMILES string of the molecule is COc1ccc(-c2cc(CNC(=O)c3cc(-c4cccs4)[nH]n3)no2)cc1OC. The zero-order valence-electron chi connectivity index (χ0n) is 15.8. The molecular formula is C20H18N4O4S. The van der Waals surface area contributed by atoms with Crippen molar-refractivity contribution in [2.24, 2.45) is 0 Å². The number of rotatable bonds is 7. The first-order chi connectivity index (χ1) is 14.2. The Labute approximate surface area is 170 Å². The monoisotopic (exact) mass is 410 g/mol. The molecule has 0 aliphatic heterocycles. The molecular weight excluding hydrogens is 392 g/mol. The molecule has 2 N–H and O–H groups in total. The lowest BCUT2D eigenvalue weighted by molar-refractivity contribution is 0.0945. The van der Waals surface area contributed by atoms with Crippen LogP contribution in [0.15, 0.2) is 52.4 Å². The Morgan fingerprint density at radius 2 is 2.03 bits per heavy atom. The molecule has 8 nitrogen and oxygen atoms in total. The number of methoxy groups -OCH3 is 2. The van der Waals surface area contributed by atoms with Gasteiger partial charge in [0.05, 0.1) is 31.3 Å². The van der Waals surface area contributed by atoms with E-state index in [1.54, 1.807) is 49.8 Å². The summed E-state index contributed by atoms with van der Waals surface area (Å²) in [5.74, 6) is 1.50. The third kappa shape index (κ3) is 3.99. The molecule has 0 fully saturated rings. The summed E-state index contributed by atoms with van der Waals surface area (Å²) in [6.45, 7) is 0.219. The standard InChI is InChI=1S/C20H18N4O4S/c1-26-16-6-5-12(8-18(16)27-2)17-9-13(24-28-17)11-21-20(25)15-10-14(22-23-15)19-4-3-7-29-19/h3-10H,11H2,1-2H3,(H,21,25)(H,22,23). The van der Waals surface area contributed by atoms with Crippen molar-refractivity contribution in [3.8, 4) is 33.4 Å². The van der Waals surface area contributed by atoms with Crippen molar-refractivity contribution in [3.63, 3.8) is 0 Å². The van der Waals surface area contributed by atoms with E-state index >= 15 is 0 Å². The Morgan fingerprint density at radius 1 is 1.17 bits per heavy atom. The van der Waals surface area contributed by atoms with Crippen LogP contribution in [-0.2, 0) is 6.54 Å². The number of benzene rings is 1. The molecule has 4 rings (SSSR count). The van der Waals surface area contributed by atoms with Gasteiger partial charge in [-0.1, -0.05) is 11.2 Å². The first kappa shape index (κ1) is 18.8. The molecule has 0 aliphatic rings.